The van der Waals surface area contributed by atoms with Crippen LogP contribution in [0.3, 0.4) is 0 Å². The monoisotopic (exact) mass is 315 g/mol. The Labute approximate surface area is 116 Å². The van der Waals surface area contributed by atoms with E-state index in [1.807, 2.05) is 0 Å². The van der Waals surface area contributed by atoms with E-state index in [1.165, 1.54) is 22.3 Å². The first-order chi connectivity index (χ1) is 8.72. The molecule has 2 heteroatoms. The van der Waals surface area contributed by atoms with E-state index in [-0.39, 0.29) is 0 Å². The summed E-state index contributed by atoms with van der Waals surface area (Å²) in [5.41, 5.74) is 5.71. The van der Waals surface area contributed by atoms with Crippen LogP contribution in [-0.4, -0.2) is 7.11 Å². The van der Waals surface area contributed by atoms with Crippen LogP contribution in [0.1, 0.15) is 11.1 Å². The molecule has 0 spiro atoms. The Bertz CT molecular complexity index is 602. The van der Waals surface area contributed by atoms with Gasteiger partial charge in [-0.15, -0.1) is 0 Å². The Morgan fingerprint density at radius 2 is 1.83 bits per heavy atom. The second-order valence-electron chi connectivity index (χ2n) is 5.00. The summed E-state index contributed by atoms with van der Waals surface area (Å²) in [6.45, 7) is 0. The van der Waals surface area contributed by atoms with Crippen LogP contribution in [-0.2, 0) is 28.2 Å². The van der Waals surface area contributed by atoms with Gasteiger partial charge in [0.05, 0.1) is 0 Å². The third-order valence-corrected chi connectivity index (χ3v) is 7.49. The molecule has 0 saturated heterocycles. The van der Waals surface area contributed by atoms with Gasteiger partial charge in [0.1, 0.15) is 0 Å². The average Bonchev–Trinajstić information content (AvgIpc) is 2.76. The molecule has 0 fully saturated rings. The third-order valence-electron chi connectivity index (χ3n) is 3.69. The first-order valence-electron chi connectivity index (χ1n) is 6.31. The van der Waals surface area contributed by atoms with Crippen molar-refractivity contribution < 1.29 is 26.5 Å². The zero-order chi connectivity index (χ0) is 12.7. The fourth-order valence-electron chi connectivity index (χ4n) is 2.85. The molecule has 0 saturated carbocycles. The molecule has 0 aromatic heterocycles. The van der Waals surface area contributed by atoms with Crippen molar-refractivity contribution >= 4 is 3.27 Å². The second-order valence-corrected chi connectivity index (χ2v) is 11.2. The Morgan fingerprint density at radius 3 is 2.56 bits per heavy atom. The van der Waals surface area contributed by atoms with E-state index in [1.54, 1.807) is 10.4 Å². The molecular formula is C16H17OZr. The number of hydrogen-bond acceptors (Lipinski definition) is 1. The number of fused-ring (bicyclic) bond motifs is 3. The molecule has 0 radical (unpaired) electrons. The third kappa shape index (κ3) is 1.78. The summed E-state index contributed by atoms with van der Waals surface area (Å²) in [6, 6.07) is 13.2. The van der Waals surface area contributed by atoms with Crippen LogP contribution in [0, 0.1) is 0 Å². The first-order valence-corrected chi connectivity index (χ1v) is 12.5. The van der Waals surface area contributed by atoms with Crippen molar-refractivity contribution in [3.05, 3.63) is 47.5 Å². The first kappa shape index (κ1) is 12.2. The molecule has 1 nitrogen and oxygen atoms in total. The van der Waals surface area contributed by atoms with Gasteiger partial charge in [-0.2, -0.15) is 0 Å². The van der Waals surface area contributed by atoms with Crippen molar-refractivity contribution in [2.75, 3.05) is 7.11 Å². The van der Waals surface area contributed by atoms with E-state index < -0.39 is 21.8 Å². The Balaban J connectivity index is 2.29. The molecule has 1 aliphatic carbocycles. The summed E-state index contributed by atoms with van der Waals surface area (Å²) in [4.78, 5) is 0. The SMILES string of the molecule is COc1cc[c]([Zr]([CH3])[CH3])c2c1-c1ccccc1C2. The van der Waals surface area contributed by atoms with Gasteiger partial charge in [0.2, 0.25) is 0 Å². The summed E-state index contributed by atoms with van der Waals surface area (Å²) in [5, 5.41) is 0. The summed E-state index contributed by atoms with van der Waals surface area (Å²) < 4.78 is 12.1. The fourth-order valence-corrected chi connectivity index (χ4v) is 5.88. The van der Waals surface area contributed by atoms with E-state index >= 15 is 0 Å². The van der Waals surface area contributed by atoms with Crippen molar-refractivity contribution in [1.82, 2.24) is 0 Å². The van der Waals surface area contributed by atoms with Crippen LogP contribution in [0.15, 0.2) is 36.4 Å². The maximum absolute atomic E-state index is 5.57. The van der Waals surface area contributed by atoms with Crippen LogP contribution in [0.5, 0.6) is 5.75 Å². The van der Waals surface area contributed by atoms with E-state index in [4.69, 9.17) is 4.74 Å². The van der Waals surface area contributed by atoms with E-state index in [0.717, 1.165) is 12.2 Å². The average molecular weight is 317 g/mol. The Morgan fingerprint density at radius 1 is 1.06 bits per heavy atom. The van der Waals surface area contributed by atoms with Gasteiger partial charge in [0.15, 0.2) is 0 Å². The predicted molar refractivity (Wildman–Crippen MR) is 72.6 cm³/mol. The van der Waals surface area contributed by atoms with Crippen LogP contribution in [0.25, 0.3) is 11.1 Å². The normalized spacial score (nSPS) is 11.9. The number of hydrogen-bond donors (Lipinski definition) is 0. The molecule has 2 aromatic carbocycles. The van der Waals surface area contributed by atoms with Gasteiger partial charge in [-0.3, -0.25) is 0 Å². The molecule has 0 amide bonds. The number of rotatable bonds is 2. The zero-order valence-corrected chi connectivity index (χ0v) is 13.5. The topological polar surface area (TPSA) is 9.23 Å². The molecule has 0 heterocycles. The van der Waals surface area contributed by atoms with Gasteiger partial charge in [-0.25, -0.2) is 0 Å². The molecule has 0 bridgehead atoms. The van der Waals surface area contributed by atoms with E-state index in [0.29, 0.717) is 0 Å². The van der Waals surface area contributed by atoms with Crippen molar-refractivity contribution in [1.29, 1.82) is 0 Å². The standard InChI is InChI=1S/C14H11O.2CH3.Zr/c1-15-13-8-4-6-11-9-10-5-2-3-7-12(10)14(11)13;;;/h2-5,7-8H,9H2,1H3;2*1H3;. The maximum atomic E-state index is 5.57. The minimum absolute atomic E-state index is 1.03. The minimum atomic E-state index is -1.35. The molecule has 0 N–H and O–H groups in total. The van der Waals surface area contributed by atoms with Crippen molar-refractivity contribution in [3.63, 3.8) is 0 Å². The van der Waals surface area contributed by atoms with Gasteiger partial charge in [-0.05, 0) is 0 Å². The molecule has 0 atom stereocenters. The quantitative estimate of drug-likeness (QED) is 0.702. The molecule has 3 rings (SSSR count). The van der Waals surface area contributed by atoms with Crippen molar-refractivity contribution in [2.45, 2.75) is 15.7 Å². The molecular weight excluding hydrogens is 299 g/mol. The number of methoxy groups -OCH3 is 1. The van der Waals surface area contributed by atoms with Gasteiger partial charge >= 0.3 is 117 Å². The molecule has 18 heavy (non-hydrogen) atoms. The molecule has 1 aliphatic rings. The summed E-state index contributed by atoms with van der Waals surface area (Å²) in [5.74, 6) is 1.03. The van der Waals surface area contributed by atoms with Gasteiger partial charge in [0, 0.05) is 0 Å². The second kappa shape index (κ2) is 4.66. The van der Waals surface area contributed by atoms with Crippen molar-refractivity contribution in [2.24, 2.45) is 0 Å². The van der Waals surface area contributed by atoms with Gasteiger partial charge in [0.25, 0.3) is 0 Å². The molecule has 0 aliphatic heterocycles. The summed E-state index contributed by atoms with van der Waals surface area (Å²) in [6.07, 6.45) is 1.09. The number of benzene rings is 2. The Kier molecular flexibility index (Phi) is 3.15. The van der Waals surface area contributed by atoms with E-state index in [9.17, 15) is 0 Å². The van der Waals surface area contributed by atoms with E-state index in [2.05, 4.69) is 45.7 Å². The van der Waals surface area contributed by atoms with Gasteiger partial charge < -0.3 is 0 Å². The number of ether oxygens (including phenoxy) is 1. The summed E-state index contributed by atoms with van der Waals surface area (Å²) >= 11 is -1.35. The van der Waals surface area contributed by atoms with Crippen LogP contribution >= 0.6 is 0 Å². The molecule has 0 unspecified atom stereocenters. The zero-order valence-electron chi connectivity index (χ0n) is 11.1. The molecule has 91 valence electrons. The predicted octanol–water partition coefficient (Wildman–Crippen LogP) is 3.61. The fraction of sp³-hybridized carbons (Fsp3) is 0.250. The van der Waals surface area contributed by atoms with Gasteiger partial charge in [-0.1, -0.05) is 0 Å². The molecule has 2 aromatic rings. The van der Waals surface area contributed by atoms with Crippen LogP contribution in [0.4, 0.5) is 0 Å². The van der Waals surface area contributed by atoms with Crippen molar-refractivity contribution in [3.8, 4) is 16.9 Å². The Hall–Kier alpha value is -0.877. The summed E-state index contributed by atoms with van der Waals surface area (Å²) in [7, 11) is 1.77. The van der Waals surface area contributed by atoms with Crippen LogP contribution in [0.2, 0.25) is 9.26 Å². The van der Waals surface area contributed by atoms with Crippen LogP contribution < -0.4 is 8.01 Å².